The number of morpholine rings is 1. The maximum atomic E-state index is 5.81. The van der Waals surface area contributed by atoms with Crippen molar-refractivity contribution in [3.63, 3.8) is 0 Å². The smallest absolute Gasteiger partial charge is 0.0945 e. The van der Waals surface area contributed by atoms with E-state index in [2.05, 4.69) is 15.2 Å². The van der Waals surface area contributed by atoms with Crippen molar-refractivity contribution >= 4 is 0 Å². The summed E-state index contributed by atoms with van der Waals surface area (Å²) in [6.45, 7) is 4.87. The minimum absolute atomic E-state index is 0.340. The van der Waals surface area contributed by atoms with Crippen LogP contribution < -0.4 is 5.32 Å². The van der Waals surface area contributed by atoms with Crippen molar-refractivity contribution in [3.05, 3.63) is 18.2 Å². The van der Waals surface area contributed by atoms with Gasteiger partial charge in [0.05, 0.1) is 24.7 Å². The van der Waals surface area contributed by atoms with E-state index in [1.807, 2.05) is 24.1 Å². The van der Waals surface area contributed by atoms with Crippen molar-refractivity contribution < 1.29 is 4.74 Å². The molecule has 0 unspecified atom stereocenters. The molecule has 0 bridgehead atoms. The second-order valence-corrected chi connectivity index (χ2v) is 5.35. The molecular formula is C13H22N4O. The van der Waals surface area contributed by atoms with E-state index in [9.17, 15) is 0 Å². The summed E-state index contributed by atoms with van der Waals surface area (Å²) < 4.78 is 7.86. The van der Waals surface area contributed by atoms with Gasteiger partial charge in [0, 0.05) is 45.5 Å². The van der Waals surface area contributed by atoms with Crippen LogP contribution in [0, 0.1) is 0 Å². The normalized spacial score (nSPS) is 25.5. The van der Waals surface area contributed by atoms with Crippen molar-refractivity contribution in [1.82, 2.24) is 19.8 Å². The Morgan fingerprint density at radius 1 is 1.50 bits per heavy atom. The molecule has 18 heavy (non-hydrogen) atoms. The van der Waals surface area contributed by atoms with Crippen LogP contribution in [0.5, 0.6) is 0 Å². The average Bonchev–Trinajstić information content (AvgIpc) is 3.15. The van der Waals surface area contributed by atoms with Crippen LogP contribution in [0.3, 0.4) is 0 Å². The van der Waals surface area contributed by atoms with Crippen LogP contribution in [0.15, 0.2) is 12.5 Å². The van der Waals surface area contributed by atoms with Gasteiger partial charge in [0.1, 0.15) is 0 Å². The molecule has 1 saturated carbocycles. The number of hydrogen-bond donors (Lipinski definition) is 1. The fraction of sp³-hybridized carbons (Fsp3) is 0.769. The molecular weight excluding hydrogens is 228 g/mol. The fourth-order valence-electron chi connectivity index (χ4n) is 2.55. The molecule has 0 radical (unpaired) electrons. The van der Waals surface area contributed by atoms with Crippen molar-refractivity contribution in [3.8, 4) is 0 Å². The Morgan fingerprint density at radius 2 is 2.39 bits per heavy atom. The van der Waals surface area contributed by atoms with Crippen LogP contribution in [0.25, 0.3) is 0 Å². The highest BCUT2D eigenvalue weighted by Crippen LogP contribution is 2.28. The number of aryl methyl sites for hydroxylation is 1. The molecule has 100 valence electrons. The number of nitrogens with zero attached hydrogens (tertiary/aromatic N) is 3. The van der Waals surface area contributed by atoms with Gasteiger partial charge >= 0.3 is 0 Å². The molecule has 2 heterocycles. The average molecular weight is 250 g/mol. The molecule has 3 rings (SSSR count). The highest BCUT2D eigenvalue weighted by Gasteiger charge is 2.32. The SMILES string of the molecule is Cn1cncc1CNC[C@H]1CN(C2CC2)CCO1. The molecule has 1 aliphatic heterocycles. The zero-order valence-electron chi connectivity index (χ0n) is 11.0. The molecule has 0 spiro atoms. The number of nitrogens with one attached hydrogen (secondary N) is 1. The number of hydrogen-bond acceptors (Lipinski definition) is 4. The molecule has 0 aromatic carbocycles. The lowest BCUT2D eigenvalue weighted by atomic mass is 10.2. The molecule has 2 fully saturated rings. The molecule has 2 aliphatic rings. The standard InChI is InChI=1S/C13H22N4O/c1-16-10-15-7-12(16)6-14-8-13-9-17(4-5-18-13)11-2-3-11/h7,10-11,13-14H,2-6,8-9H2,1H3/t13-/m0/s1. The van der Waals surface area contributed by atoms with Crippen molar-refractivity contribution in [2.24, 2.45) is 7.05 Å². The maximum absolute atomic E-state index is 5.81. The Balaban J connectivity index is 1.41. The highest BCUT2D eigenvalue weighted by atomic mass is 16.5. The summed E-state index contributed by atoms with van der Waals surface area (Å²) >= 11 is 0. The second-order valence-electron chi connectivity index (χ2n) is 5.35. The van der Waals surface area contributed by atoms with Gasteiger partial charge in [0.25, 0.3) is 0 Å². The van der Waals surface area contributed by atoms with E-state index in [-0.39, 0.29) is 0 Å². The minimum Gasteiger partial charge on any atom is -0.374 e. The van der Waals surface area contributed by atoms with Gasteiger partial charge in [0.2, 0.25) is 0 Å². The van der Waals surface area contributed by atoms with Crippen LogP contribution in [0.1, 0.15) is 18.5 Å². The molecule has 1 saturated heterocycles. The molecule has 1 aromatic rings. The lowest BCUT2D eigenvalue weighted by Gasteiger charge is -2.33. The number of imidazole rings is 1. The third kappa shape index (κ3) is 2.91. The Morgan fingerprint density at radius 3 is 3.11 bits per heavy atom. The summed E-state index contributed by atoms with van der Waals surface area (Å²) in [5, 5.41) is 3.47. The monoisotopic (exact) mass is 250 g/mol. The van der Waals surface area contributed by atoms with Gasteiger partial charge in [-0.1, -0.05) is 0 Å². The Hall–Kier alpha value is -0.910. The first-order valence-electron chi connectivity index (χ1n) is 6.84. The topological polar surface area (TPSA) is 42.3 Å². The largest absolute Gasteiger partial charge is 0.374 e. The number of aromatic nitrogens is 2. The Kier molecular flexibility index (Phi) is 3.63. The predicted molar refractivity (Wildman–Crippen MR) is 69.2 cm³/mol. The molecule has 1 aromatic heterocycles. The number of ether oxygens (including phenoxy) is 1. The first-order valence-corrected chi connectivity index (χ1v) is 6.84. The Labute approximate surface area is 108 Å². The van der Waals surface area contributed by atoms with Crippen LogP contribution in [0.4, 0.5) is 0 Å². The van der Waals surface area contributed by atoms with Crippen LogP contribution >= 0.6 is 0 Å². The van der Waals surface area contributed by atoms with Gasteiger partial charge in [0.15, 0.2) is 0 Å². The lowest BCUT2D eigenvalue weighted by Crippen LogP contribution is -2.47. The summed E-state index contributed by atoms with van der Waals surface area (Å²) in [7, 11) is 2.02. The van der Waals surface area contributed by atoms with E-state index in [1.165, 1.54) is 18.5 Å². The lowest BCUT2D eigenvalue weighted by molar-refractivity contribution is -0.0302. The van der Waals surface area contributed by atoms with Crippen LogP contribution in [-0.2, 0) is 18.3 Å². The predicted octanol–water partition coefficient (Wildman–Crippen LogP) is 0.373. The van der Waals surface area contributed by atoms with E-state index in [0.717, 1.165) is 38.8 Å². The van der Waals surface area contributed by atoms with E-state index < -0.39 is 0 Å². The third-order valence-electron chi connectivity index (χ3n) is 3.83. The summed E-state index contributed by atoms with van der Waals surface area (Å²) in [4.78, 5) is 6.70. The van der Waals surface area contributed by atoms with E-state index in [4.69, 9.17) is 4.74 Å². The highest BCUT2D eigenvalue weighted by molar-refractivity contribution is 4.97. The van der Waals surface area contributed by atoms with E-state index in [1.54, 1.807) is 0 Å². The van der Waals surface area contributed by atoms with Gasteiger partial charge in [-0.05, 0) is 12.8 Å². The van der Waals surface area contributed by atoms with Crippen molar-refractivity contribution in [2.45, 2.75) is 31.5 Å². The van der Waals surface area contributed by atoms with Crippen LogP contribution in [0.2, 0.25) is 0 Å². The van der Waals surface area contributed by atoms with E-state index >= 15 is 0 Å². The molecule has 1 atom stereocenters. The molecule has 5 heteroatoms. The summed E-state index contributed by atoms with van der Waals surface area (Å²) in [6.07, 6.45) is 6.85. The van der Waals surface area contributed by atoms with Crippen LogP contribution in [-0.4, -0.2) is 52.8 Å². The molecule has 1 aliphatic carbocycles. The van der Waals surface area contributed by atoms with E-state index in [0.29, 0.717) is 6.10 Å². The van der Waals surface area contributed by atoms with Gasteiger partial charge in [-0.2, -0.15) is 0 Å². The molecule has 1 N–H and O–H groups in total. The summed E-state index contributed by atoms with van der Waals surface area (Å²) in [6, 6.07) is 0.855. The molecule has 0 amide bonds. The maximum Gasteiger partial charge on any atom is 0.0945 e. The van der Waals surface area contributed by atoms with Gasteiger partial charge < -0.3 is 14.6 Å². The first-order chi connectivity index (χ1) is 8.83. The van der Waals surface area contributed by atoms with Crippen molar-refractivity contribution in [1.29, 1.82) is 0 Å². The fourth-order valence-corrected chi connectivity index (χ4v) is 2.55. The molecule has 5 nitrogen and oxygen atoms in total. The number of rotatable bonds is 5. The summed E-state index contributed by atoms with van der Waals surface area (Å²) in [5.74, 6) is 0. The zero-order valence-corrected chi connectivity index (χ0v) is 11.0. The van der Waals surface area contributed by atoms with Gasteiger partial charge in [-0.25, -0.2) is 4.98 Å². The second kappa shape index (κ2) is 5.38. The summed E-state index contributed by atoms with van der Waals surface area (Å²) in [5.41, 5.74) is 1.21. The van der Waals surface area contributed by atoms with Gasteiger partial charge in [-0.15, -0.1) is 0 Å². The van der Waals surface area contributed by atoms with Gasteiger partial charge in [-0.3, -0.25) is 4.90 Å². The first kappa shape index (κ1) is 12.1. The Bertz CT molecular complexity index is 388. The third-order valence-corrected chi connectivity index (χ3v) is 3.83. The quantitative estimate of drug-likeness (QED) is 0.820. The van der Waals surface area contributed by atoms with Crippen molar-refractivity contribution in [2.75, 3.05) is 26.2 Å². The minimum atomic E-state index is 0.340. The zero-order chi connectivity index (χ0) is 12.4.